The average Bonchev–Trinajstić information content (AvgIpc) is 2.46. The Bertz CT molecular complexity index is 455. The lowest BCUT2D eigenvalue weighted by atomic mass is 10.1. The van der Waals surface area contributed by atoms with Gasteiger partial charge >= 0.3 is 0 Å². The van der Waals surface area contributed by atoms with E-state index in [2.05, 4.69) is 24.0 Å². The topological polar surface area (TPSA) is 23.5 Å². The molecule has 0 aliphatic heterocycles. The highest BCUT2D eigenvalue weighted by Gasteiger charge is 2.12. The van der Waals surface area contributed by atoms with Crippen molar-refractivity contribution in [1.82, 2.24) is 0 Å². The zero-order chi connectivity index (χ0) is 12.8. The quantitative estimate of drug-likeness (QED) is 0.868. The molecule has 0 bridgehead atoms. The fourth-order valence-corrected chi connectivity index (χ4v) is 2.05. The molecule has 0 aromatic heterocycles. The number of hydrogen-bond donors (Lipinski definition) is 1. The summed E-state index contributed by atoms with van der Waals surface area (Å²) in [5, 5.41) is 10.2. The van der Waals surface area contributed by atoms with Crippen LogP contribution in [0.1, 0.15) is 18.6 Å². The number of aliphatic hydroxyl groups is 1. The van der Waals surface area contributed by atoms with E-state index in [1.165, 1.54) is 0 Å². The lowest BCUT2D eigenvalue weighted by Crippen LogP contribution is -2.28. The highest BCUT2D eigenvalue weighted by molar-refractivity contribution is 5.46. The Kier molecular flexibility index (Phi) is 4.37. The van der Waals surface area contributed by atoms with Gasteiger partial charge in [0, 0.05) is 18.8 Å². The minimum atomic E-state index is -0.452. The zero-order valence-electron chi connectivity index (χ0n) is 10.7. The molecule has 2 aromatic rings. The van der Waals surface area contributed by atoms with Gasteiger partial charge in [-0.2, -0.15) is 0 Å². The molecule has 1 N–H and O–H groups in total. The zero-order valence-corrected chi connectivity index (χ0v) is 10.7. The van der Waals surface area contributed by atoms with Crippen LogP contribution in [0, 0.1) is 0 Å². The van der Waals surface area contributed by atoms with Crippen LogP contribution >= 0.6 is 0 Å². The molecule has 2 aromatic carbocycles. The van der Waals surface area contributed by atoms with E-state index in [9.17, 15) is 5.11 Å². The molecule has 94 valence electrons. The molecule has 2 nitrogen and oxygen atoms in total. The number of hydrogen-bond acceptors (Lipinski definition) is 2. The maximum absolute atomic E-state index is 10.2. The lowest BCUT2D eigenvalue weighted by Gasteiger charge is -2.26. The number of aliphatic hydroxyl groups excluding tert-OH is 1. The first-order chi connectivity index (χ1) is 8.81. The molecular formula is C16H19NO. The Hall–Kier alpha value is -1.80. The number of nitrogens with zero attached hydrogens (tertiary/aromatic N) is 1. The number of anilines is 1. The van der Waals surface area contributed by atoms with Crippen molar-refractivity contribution in [2.75, 3.05) is 18.0 Å². The number of likely N-dealkylation sites (N-methyl/N-ethyl adjacent to an activating group) is 1. The van der Waals surface area contributed by atoms with Crippen LogP contribution in [0.5, 0.6) is 0 Å². The maximum Gasteiger partial charge on any atom is 0.0964 e. The van der Waals surface area contributed by atoms with Gasteiger partial charge in [0.2, 0.25) is 0 Å². The van der Waals surface area contributed by atoms with Gasteiger partial charge in [-0.1, -0.05) is 48.5 Å². The summed E-state index contributed by atoms with van der Waals surface area (Å²) in [5.74, 6) is 0. The number of benzene rings is 2. The Balaban J connectivity index is 2.07. The molecule has 0 amide bonds. The monoisotopic (exact) mass is 241 g/mol. The Labute approximate surface area is 109 Å². The van der Waals surface area contributed by atoms with E-state index in [4.69, 9.17) is 0 Å². The fraction of sp³-hybridized carbons (Fsp3) is 0.250. The van der Waals surface area contributed by atoms with Gasteiger partial charge < -0.3 is 10.0 Å². The fourth-order valence-electron chi connectivity index (χ4n) is 2.05. The van der Waals surface area contributed by atoms with Gasteiger partial charge in [0.05, 0.1) is 6.10 Å². The van der Waals surface area contributed by atoms with Crippen molar-refractivity contribution in [3.63, 3.8) is 0 Å². The van der Waals surface area contributed by atoms with Crippen LogP contribution in [-0.4, -0.2) is 18.2 Å². The Morgan fingerprint density at radius 3 is 2.06 bits per heavy atom. The summed E-state index contributed by atoms with van der Waals surface area (Å²) in [5.41, 5.74) is 2.11. The first-order valence-corrected chi connectivity index (χ1v) is 6.34. The molecule has 2 heteroatoms. The molecule has 0 fully saturated rings. The van der Waals surface area contributed by atoms with Crippen molar-refractivity contribution in [3.8, 4) is 0 Å². The van der Waals surface area contributed by atoms with E-state index in [1.807, 2.05) is 48.5 Å². The summed E-state index contributed by atoms with van der Waals surface area (Å²) in [6.07, 6.45) is -0.452. The molecule has 0 aliphatic carbocycles. The van der Waals surface area contributed by atoms with Crippen molar-refractivity contribution in [1.29, 1.82) is 0 Å². The van der Waals surface area contributed by atoms with Crippen molar-refractivity contribution in [2.45, 2.75) is 13.0 Å². The molecule has 2 rings (SSSR count). The van der Waals surface area contributed by atoms with Gasteiger partial charge in [0.15, 0.2) is 0 Å². The van der Waals surface area contributed by atoms with Crippen molar-refractivity contribution >= 4 is 5.69 Å². The predicted molar refractivity (Wildman–Crippen MR) is 75.7 cm³/mol. The second-order valence-corrected chi connectivity index (χ2v) is 4.30. The third-order valence-corrected chi connectivity index (χ3v) is 3.08. The number of para-hydroxylation sites is 1. The molecule has 1 unspecified atom stereocenters. The molecule has 0 aliphatic rings. The third kappa shape index (κ3) is 3.11. The van der Waals surface area contributed by atoms with Crippen LogP contribution in [-0.2, 0) is 0 Å². The summed E-state index contributed by atoms with van der Waals surface area (Å²) in [6, 6.07) is 20.0. The van der Waals surface area contributed by atoms with E-state index in [1.54, 1.807) is 0 Å². The first kappa shape index (κ1) is 12.7. The van der Waals surface area contributed by atoms with Crippen LogP contribution in [0.25, 0.3) is 0 Å². The molecule has 18 heavy (non-hydrogen) atoms. The highest BCUT2D eigenvalue weighted by atomic mass is 16.3. The minimum Gasteiger partial charge on any atom is -0.387 e. The molecule has 0 radical (unpaired) electrons. The van der Waals surface area contributed by atoms with Crippen LogP contribution in [0.2, 0.25) is 0 Å². The van der Waals surface area contributed by atoms with Crippen LogP contribution < -0.4 is 4.90 Å². The standard InChI is InChI=1S/C16H19NO/c1-2-17(15-11-7-4-8-12-15)13-16(18)14-9-5-3-6-10-14/h3-12,16,18H,2,13H2,1H3. The van der Waals surface area contributed by atoms with Gasteiger partial charge in [0.1, 0.15) is 0 Å². The second-order valence-electron chi connectivity index (χ2n) is 4.30. The van der Waals surface area contributed by atoms with E-state index in [-0.39, 0.29) is 0 Å². The molecule has 0 saturated carbocycles. The molecule has 0 saturated heterocycles. The van der Waals surface area contributed by atoms with Gasteiger partial charge in [-0.05, 0) is 24.6 Å². The molecular weight excluding hydrogens is 222 g/mol. The van der Waals surface area contributed by atoms with E-state index >= 15 is 0 Å². The normalized spacial score (nSPS) is 12.1. The Morgan fingerprint density at radius 2 is 1.50 bits per heavy atom. The van der Waals surface area contributed by atoms with Gasteiger partial charge in [-0.3, -0.25) is 0 Å². The van der Waals surface area contributed by atoms with E-state index in [0.717, 1.165) is 17.8 Å². The highest BCUT2D eigenvalue weighted by Crippen LogP contribution is 2.19. The lowest BCUT2D eigenvalue weighted by molar-refractivity contribution is 0.183. The maximum atomic E-state index is 10.2. The summed E-state index contributed by atoms with van der Waals surface area (Å²) in [7, 11) is 0. The Morgan fingerprint density at radius 1 is 0.944 bits per heavy atom. The molecule has 1 atom stereocenters. The third-order valence-electron chi connectivity index (χ3n) is 3.08. The van der Waals surface area contributed by atoms with E-state index < -0.39 is 6.10 Å². The smallest absolute Gasteiger partial charge is 0.0964 e. The minimum absolute atomic E-state index is 0.452. The molecule has 0 heterocycles. The first-order valence-electron chi connectivity index (χ1n) is 6.34. The predicted octanol–water partition coefficient (Wildman–Crippen LogP) is 3.25. The summed E-state index contributed by atoms with van der Waals surface area (Å²) in [6.45, 7) is 3.60. The largest absolute Gasteiger partial charge is 0.387 e. The van der Waals surface area contributed by atoms with Gasteiger partial charge in [-0.25, -0.2) is 0 Å². The van der Waals surface area contributed by atoms with Crippen molar-refractivity contribution in [2.24, 2.45) is 0 Å². The summed E-state index contributed by atoms with van der Waals surface area (Å²) in [4.78, 5) is 2.18. The summed E-state index contributed by atoms with van der Waals surface area (Å²) < 4.78 is 0. The SMILES string of the molecule is CCN(CC(O)c1ccccc1)c1ccccc1. The van der Waals surface area contributed by atoms with Gasteiger partial charge in [0.25, 0.3) is 0 Å². The van der Waals surface area contributed by atoms with Crippen molar-refractivity contribution in [3.05, 3.63) is 66.2 Å². The van der Waals surface area contributed by atoms with Crippen LogP contribution in [0.4, 0.5) is 5.69 Å². The van der Waals surface area contributed by atoms with Crippen molar-refractivity contribution < 1.29 is 5.11 Å². The van der Waals surface area contributed by atoms with Crippen LogP contribution in [0.3, 0.4) is 0 Å². The second kappa shape index (κ2) is 6.22. The molecule has 0 spiro atoms. The average molecular weight is 241 g/mol. The van der Waals surface area contributed by atoms with Crippen LogP contribution in [0.15, 0.2) is 60.7 Å². The van der Waals surface area contributed by atoms with E-state index in [0.29, 0.717) is 6.54 Å². The number of rotatable bonds is 5. The summed E-state index contributed by atoms with van der Waals surface area (Å²) >= 11 is 0. The van der Waals surface area contributed by atoms with Gasteiger partial charge in [-0.15, -0.1) is 0 Å².